The largest absolute Gasteiger partial charge is 0.325 e. The summed E-state index contributed by atoms with van der Waals surface area (Å²) in [4.78, 5) is 47.1. The first kappa shape index (κ1) is 16.5. The minimum Gasteiger partial charge on any atom is -0.311 e. The van der Waals surface area contributed by atoms with Crippen LogP contribution in [-0.2, 0) is 0 Å². The monoisotopic (exact) mass is 334 g/mol. The number of rotatable bonds is 5. The highest BCUT2D eigenvalue weighted by atomic mass is 16.6. The van der Waals surface area contributed by atoms with Crippen molar-refractivity contribution in [2.24, 2.45) is 5.10 Å². The number of nitro benzene ring substituents is 2. The van der Waals surface area contributed by atoms with Crippen LogP contribution in [0.3, 0.4) is 0 Å². The first-order valence-corrected chi connectivity index (χ1v) is 6.34. The number of aryl methyl sites for hydroxylation is 1. The summed E-state index contributed by atoms with van der Waals surface area (Å²) in [5.74, 6) is 0. The van der Waals surface area contributed by atoms with Gasteiger partial charge in [-0.15, -0.1) is 0 Å². The molecule has 0 saturated carbocycles. The summed E-state index contributed by atoms with van der Waals surface area (Å²) < 4.78 is 0. The molecule has 2 aromatic rings. The second kappa shape index (κ2) is 6.51. The smallest absolute Gasteiger partial charge is 0.311 e. The summed E-state index contributed by atoms with van der Waals surface area (Å²) in [6.45, 7) is 1.48. The average molecular weight is 334 g/mol. The molecule has 0 spiro atoms. The van der Waals surface area contributed by atoms with Crippen LogP contribution in [0.1, 0.15) is 11.3 Å². The number of nitrogens with zero attached hydrogens (tertiary/aromatic N) is 3. The number of nitro groups is 2. The van der Waals surface area contributed by atoms with Crippen LogP contribution in [0.4, 0.5) is 17.1 Å². The SMILES string of the molecule is Cc1[nH]c(=O)[nH]c(=O)c1C=NNc1ccc([N+](=O)[O-])cc1[N+](=O)[O-]. The van der Waals surface area contributed by atoms with Crippen molar-refractivity contribution in [3.05, 3.63) is 70.5 Å². The fourth-order valence-corrected chi connectivity index (χ4v) is 1.81. The van der Waals surface area contributed by atoms with E-state index < -0.39 is 32.5 Å². The molecule has 12 heteroatoms. The molecule has 0 aliphatic rings. The van der Waals surface area contributed by atoms with Gasteiger partial charge >= 0.3 is 11.4 Å². The van der Waals surface area contributed by atoms with Gasteiger partial charge in [0, 0.05) is 11.8 Å². The number of anilines is 1. The van der Waals surface area contributed by atoms with E-state index in [9.17, 15) is 29.8 Å². The van der Waals surface area contributed by atoms with Crippen LogP contribution in [0.5, 0.6) is 0 Å². The molecule has 0 saturated heterocycles. The van der Waals surface area contributed by atoms with Crippen LogP contribution in [0.15, 0.2) is 32.9 Å². The number of benzene rings is 1. The van der Waals surface area contributed by atoms with Gasteiger partial charge in [0.15, 0.2) is 0 Å². The predicted octanol–water partition coefficient (Wildman–Crippen LogP) is 0.634. The van der Waals surface area contributed by atoms with E-state index in [1.807, 2.05) is 4.98 Å². The average Bonchev–Trinajstić information content (AvgIpc) is 2.49. The third-order valence-corrected chi connectivity index (χ3v) is 2.94. The van der Waals surface area contributed by atoms with Gasteiger partial charge in [-0.05, 0) is 13.0 Å². The number of aromatic amines is 2. The van der Waals surface area contributed by atoms with E-state index in [1.165, 1.54) is 6.92 Å². The Bertz CT molecular complexity index is 959. The normalized spacial score (nSPS) is 10.7. The fourth-order valence-electron chi connectivity index (χ4n) is 1.81. The molecule has 24 heavy (non-hydrogen) atoms. The van der Waals surface area contributed by atoms with Crippen molar-refractivity contribution in [1.82, 2.24) is 9.97 Å². The maximum absolute atomic E-state index is 11.6. The van der Waals surface area contributed by atoms with Gasteiger partial charge in [0.1, 0.15) is 5.69 Å². The lowest BCUT2D eigenvalue weighted by molar-refractivity contribution is -0.393. The topological polar surface area (TPSA) is 176 Å². The maximum Gasteiger partial charge on any atom is 0.325 e. The van der Waals surface area contributed by atoms with Crippen LogP contribution < -0.4 is 16.7 Å². The molecule has 124 valence electrons. The van der Waals surface area contributed by atoms with Crippen LogP contribution >= 0.6 is 0 Å². The minimum absolute atomic E-state index is 0.0478. The number of nitrogens with one attached hydrogen (secondary N) is 3. The predicted molar refractivity (Wildman–Crippen MR) is 83.4 cm³/mol. The first-order valence-electron chi connectivity index (χ1n) is 6.34. The summed E-state index contributed by atoms with van der Waals surface area (Å²) in [6, 6.07) is 2.98. The second-order valence-electron chi connectivity index (χ2n) is 4.53. The second-order valence-corrected chi connectivity index (χ2v) is 4.53. The van der Waals surface area contributed by atoms with E-state index >= 15 is 0 Å². The summed E-state index contributed by atoms with van der Waals surface area (Å²) in [5.41, 5.74) is 0.205. The molecular formula is C12H10N6O6. The molecule has 2 rings (SSSR count). The van der Waals surface area contributed by atoms with Gasteiger partial charge in [0.2, 0.25) is 0 Å². The number of hydrazone groups is 1. The van der Waals surface area contributed by atoms with Gasteiger partial charge < -0.3 is 4.98 Å². The van der Waals surface area contributed by atoms with E-state index in [0.717, 1.165) is 24.4 Å². The van der Waals surface area contributed by atoms with Crippen LogP contribution in [-0.4, -0.2) is 26.0 Å². The van der Waals surface area contributed by atoms with Gasteiger partial charge in [0.25, 0.3) is 11.2 Å². The Morgan fingerprint density at radius 2 is 1.88 bits per heavy atom. The van der Waals surface area contributed by atoms with Crippen molar-refractivity contribution >= 4 is 23.3 Å². The molecule has 0 atom stereocenters. The molecule has 0 unspecified atom stereocenters. The Kier molecular flexibility index (Phi) is 4.49. The molecular weight excluding hydrogens is 324 g/mol. The molecule has 1 aromatic carbocycles. The highest BCUT2D eigenvalue weighted by Crippen LogP contribution is 2.28. The van der Waals surface area contributed by atoms with E-state index in [0.29, 0.717) is 0 Å². The lowest BCUT2D eigenvalue weighted by Crippen LogP contribution is -2.27. The highest BCUT2D eigenvalue weighted by molar-refractivity contribution is 5.81. The zero-order chi connectivity index (χ0) is 17.9. The van der Waals surface area contributed by atoms with E-state index in [-0.39, 0.29) is 16.9 Å². The van der Waals surface area contributed by atoms with Gasteiger partial charge in [-0.25, -0.2) is 4.79 Å². The summed E-state index contributed by atoms with van der Waals surface area (Å²) in [6.07, 6.45) is 1.06. The Morgan fingerprint density at radius 1 is 1.17 bits per heavy atom. The Labute approximate surface area is 132 Å². The standard InChI is InChI=1S/C12H10N6O6/c1-6-8(11(19)15-12(20)14-6)5-13-16-9-3-2-7(17(21)22)4-10(9)18(23)24/h2-5,16H,1H3,(H2,14,15,19,20). The Morgan fingerprint density at radius 3 is 2.46 bits per heavy atom. The molecule has 0 fully saturated rings. The number of H-pyrrole nitrogens is 2. The van der Waals surface area contributed by atoms with Crippen molar-refractivity contribution in [3.8, 4) is 0 Å². The third-order valence-electron chi connectivity index (χ3n) is 2.94. The van der Waals surface area contributed by atoms with Crippen molar-refractivity contribution in [2.75, 3.05) is 5.43 Å². The van der Waals surface area contributed by atoms with Crippen molar-refractivity contribution in [1.29, 1.82) is 0 Å². The first-order chi connectivity index (χ1) is 11.3. The van der Waals surface area contributed by atoms with Gasteiger partial charge in [-0.2, -0.15) is 5.10 Å². The maximum atomic E-state index is 11.6. The van der Waals surface area contributed by atoms with Crippen molar-refractivity contribution in [2.45, 2.75) is 6.92 Å². The molecule has 1 aromatic heterocycles. The van der Waals surface area contributed by atoms with Crippen molar-refractivity contribution < 1.29 is 9.85 Å². The van der Waals surface area contributed by atoms with Gasteiger partial charge in [-0.1, -0.05) is 0 Å². The zero-order valence-corrected chi connectivity index (χ0v) is 12.1. The molecule has 0 aliphatic carbocycles. The van der Waals surface area contributed by atoms with Crippen LogP contribution in [0.2, 0.25) is 0 Å². The highest BCUT2D eigenvalue weighted by Gasteiger charge is 2.19. The van der Waals surface area contributed by atoms with Crippen LogP contribution in [0, 0.1) is 27.2 Å². The summed E-state index contributed by atoms with van der Waals surface area (Å²) in [7, 11) is 0. The minimum atomic E-state index is -0.803. The number of hydrogen-bond donors (Lipinski definition) is 3. The van der Waals surface area contributed by atoms with E-state index in [2.05, 4.69) is 15.5 Å². The molecule has 0 amide bonds. The molecule has 0 radical (unpaired) electrons. The van der Waals surface area contributed by atoms with Crippen molar-refractivity contribution in [3.63, 3.8) is 0 Å². The van der Waals surface area contributed by atoms with E-state index in [1.54, 1.807) is 0 Å². The lowest BCUT2D eigenvalue weighted by atomic mass is 10.2. The Hall–Kier alpha value is -3.83. The summed E-state index contributed by atoms with van der Waals surface area (Å²) >= 11 is 0. The third kappa shape index (κ3) is 3.49. The van der Waals surface area contributed by atoms with Crippen LogP contribution in [0.25, 0.3) is 0 Å². The number of non-ortho nitro benzene ring substituents is 1. The zero-order valence-electron chi connectivity index (χ0n) is 12.1. The molecule has 12 nitrogen and oxygen atoms in total. The molecule has 0 aliphatic heterocycles. The Balaban J connectivity index is 2.33. The number of hydrogen-bond acceptors (Lipinski definition) is 8. The molecule has 0 bridgehead atoms. The molecule has 1 heterocycles. The number of aromatic nitrogens is 2. The lowest BCUT2D eigenvalue weighted by Gasteiger charge is -2.02. The van der Waals surface area contributed by atoms with Gasteiger partial charge in [0.05, 0.1) is 27.7 Å². The fraction of sp³-hybridized carbons (Fsp3) is 0.0833. The molecule has 3 N–H and O–H groups in total. The quantitative estimate of drug-likeness (QED) is 0.408. The summed E-state index contributed by atoms with van der Waals surface area (Å²) in [5, 5.41) is 25.3. The van der Waals surface area contributed by atoms with E-state index in [4.69, 9.17) is 0 Å². The van der Waals surface area contributed by atoms with Gasteiger partial charge in [-0.3, -0.25) is 35.4 Å².